The van der Waals surface area contributed by atoms with E-state index in [1.54, 1.807) is 7.11 Å². The SMILES string of the molecule is COCc1nc(NCCNC(=O)C(C)C)c2c(C)nn(-c3ccccc3)c2n1. The molecule has 0 aliphatic rings. The fraction of sp³-hybridized carbons (Fsp3) is 0.400. The second kappa shape index (κ2) is 8.79. The van der Waals surface area contributed by atoms with Crippen molar-refractivity contribution in [3.05, 3.63) is 41.9 Å². The lowest BCUT2D eigenvalue weighted by Crippen LogP contribution is -2.32. The molecule has 0 atom stereocenters. The highest BCUT2D eigenvalue weighted by atomic mass is 16.5. The number of anilines is 1. The Morgan fingerprint density at radius 3 is 2.61 bits per heavy atom. The monoisotopic (exact) mass is 382 g/mol. The lowest BCUT2D eigenvalue weighted by molar-refractivity contribution is -0.123. The number of amides is 1. The normalized spacial score (nSPS) is 11.2. The molecule has 0 spiro atoms. The van der Waals surface area contributed by atoms with Gasteiger partial charge in [0, 0.05) is 26.1 Å². The van der Waals surface area contributed by atoms with Gasteiger partial charge in [0.1, 0.15) is 12.4 Å². The van der Waals surface area contributed by atoms with Gasteiger partial charge in [0.2, 0.25) is 5.91 Å². The highest BCUT2D eigenvalue weighted by Gasteiger charge is 2.17. The number of hydrogen-bond acceptors (Lipinski definition) is 6. The standard InChI is InChI=1S/C20H26N6O2/c1-13(2)20(27)22-11-10-21-18-17-14(3)25-26(15-8-6-5-7-9-15)19(17)24-16(23-18)12-28-4/h5-9,13H,10-12H2,1-4H3,(H,22,27)(H,21,23,24). The van der Waals surface area contributed by atoms with E-state index in [1.807, 2.05) is 55.8 Å². The summed E-state index contributed by atoms with van der Waals surface area (Å²) in [6.45, 7) is 7.03. The molecule has 0 radical (unpaired) electrons. The van der Waals surface area contributed by atoms with Crippen molar-refractivity contribution in [2.24, 2.45) is 5.92 Å². The third-order valence-corrected chi connectivity index (χ3v) is 4.26. The molecule has 148 valence electrons. The van der Waals surface area contributed by atoms with Crippen LogP contribution in [0.15, 0.2) is 30.3 Å². The van der Waals surface area contributed by atoms with E-state index in [2.05, 4.69) is 25.7 Å². The Morgan fingerprint density at radius 2 is 1.93 bits per heavy atom. The number of carbonyl (C=O) groups excluding carboxylic acids is 1. The average molecular weight is 382 g/mol. The summed E-state index contributed by atoms with van der Waals surface area (Å²) in [7, 11) is 1.61. The number of ether oxygens (including phenoxy) is 1. The molecular formula is C20H26N6O2. The van der Waals surface area contributed by atoms with Gasteiger partial charge in [0.25, 0.3) is 0 Å². The molecule has 2 heterocycles. The minimum Gasteiger partial charge on any atom is -0.377 e. The van der Waals surface area contributed by atoms with Crippen LogP contribution in [0.3, 0.4) is 0 Å². The van der Waals surface area contributed by atoms with E-state index in [4.69, 9.17) is 4.74 Å². The van der Waals surface area contributed by atoms with Crippen LogP contribution in [0.1, 0.15) is 25.4 Å². The van der Waals surface area contributed by atoms with E-state index >= 15 is 0 Å². The molecular weight excluding hydrogens is 356 g/mol. The Balaban J connectivity index is 1.93. The van der Waals surface area contributed by atoms with E-state index in [1.165, 1.54) is 0 Å². The Hall–Kier alpha value is -3.00. The van der Waals surface area contributed by atoms with Gasteiger partial charge in [-0.05, 0) is 19.1 Å². The van der Waals surface area contributed by atoms with Crippen molar-refractivity contribution in [1.82, 2.24) is 25.1 Å². The van der Waals surface area contributed by atoms with Crippen molar-refractivity contribution in [1.29, 1.82) is 0 Å². The van der Waals surface area contributed by atoms with Crippen molar-refractivity contribution < 1.29 is 9.53 Å². The smallest absolute Gasteiger partial charge is 0.222 e. The number of aryl methyl sites for hydroxylation is 1. The van der Waals surface area contributed by atoms with Gasteiger partial charge in [-0.3, -0.25) is 4.79 Å². The maximum absolute atomic E-state index is 11.7. The van der Waals surface area contributed by atoms with Crippen molar-refractivity contribution in [3.63, 3.8) is 0 Å². The molecule has 0 aliphatic carbocycles. The number of rotatable bonds is 8. The summed E-state index contributed by atoms with van der Waals surface area (Å²) in [6, 6.07) is 9.86. The maximum atomic E-state index is 11.7. The molecule has 0 unspecified atom stereocenters. The van der Waals surface area contributed by atoms with Crippen LogP contribution in [0.25, 0.3) is 16.7 Å². The molecule has 0 saturated heterocycles. The zero-order valence-corrected chi connectivity index (χ0v) is 16.7. The van der Waals surface area contributed by atoms with Crippen LogP contribution in [-0.4, -0.2) is 45.9 Å². The van der Waals surface area contributed by atoms with Crippen molar-refractivity contribution in [2.45, 2.75) is 27.4 Å². The second-order valence-electron chi connectivity index (χ2n) is 6.83. The van der Waals surface area contributed by atoms with E-state index in [0.717, 1.165) is 22.4 Å². The first-order valence-corrected chi connectivity index (χ1v) is 9.33. The van der Waals surface area contributed by atoms with Crippen LogP contribution < -0.4 is 10.6 Å². The van der Waals surface area contributed by atoms with Gasteiger partial charge in [-0.15, -0.1) is 0 Å². The third kappa shape index (κ3) is 4.28. The molecule has 3 rings (SSSR count). The first-order valence-electron chi connectivity index (χ1n) is 9.33. The number of nitrogens with zero attached hydrogens (tertiary/aromatic N) is 4. The third-order valence-electron chi connectivity index (χ3n) is 4.26. The molecule has 0 bridgehead atoms. The number of carbonyl (C=O) groups is 1. The number of benzene rings is 1. The highest BCUT2D eigenvalue weighted by molar-refractivity contribution is 5.90. The topological polar surface area (TPSA) is 94.0 Å². The van der Waals surface area contributed by atoms with Gasteiger partial charge in [-0.25, -0.2) is 14.6 Å². The molecule has 3 aromatic rings. The lowest BCUT2D eigenvalue weighted by atomic mass is 10.2. The van der Waals surface area contributed by atoms with Crippen LogP contribution in [0.4, 0.5) is 5.82 Å². The molecule has 0 fully saturated rings. The number of methoxy groups -OCH3 is 1. The molecule has 28 heavy (non-hydrogen) atoms. The second-order valence-corrected chi connectivity index (χ2v) is 6.83. The Morgan fingerprint density at radius 1 is 1.18 bits per heavy atom. The number of para-hydroxylation sites is 1. The summed E-state index contributed by atoms with van der Waals surface area (Å²) in [5, 5.41) is 11.7. The number of aromatic nitrogens is 4. The first-order chi connectivity index (χ1) is 13.5. The minimum atomic E-state index is -0.0367. The minimum absolute atomic E-state index is 0.0304. The highest BCUT2D eigenvalue weighted by Crippen LogP contribution is 2.26. The molecule has 2 N–H and O–H groups in total. The fourth-order valence-electron chi connectivity index (χ4n) is 2.87. The van der Waals surface area contributed by atoms with Gasteiger partial charge < -0.3 is 15.4 Å². The van der Waals surface area contributed by atoms with Crippen molar-refractivity contribution in [3.8, 4) is 5.69 Å². The summed E-state index contributed by atoms with van der Waals surface area (Å²) in [5.41, 5.74) is 2.48. The molecule has 1 aromatic carbocycles. The largest absolute Gasteiger partial charge is 0.377 e. The van der Waals surface area contributed by atoms with Gasteiger partial charge in [-0.2, -0.15) is 5.10 Å². The van der Waals surface area contributed by atoms with E-state index in [9.17, 15) is 4.79 Å². The Kier molecular flexibility index (Phi) is 6.20. The van der Waals surface area contributed by atoms with Gasteiger partial charge in [0.15, 0.2) is 11.5 Å². The predicted molar refractivity (Wildman–Crippen MR) is 108 cm³/mol. The van der Waals surface area contributed by atoms with Crippen LogP contribution >= 0.6 is 0 Å². The zero-order chi connectivity index (χ0) is 20.1. The van der Waals surface area contributed by atoms with E-state index in [-0.39, 0.29) is 11.8 Å². The molecule has 0 saturated carbocycles. The molecule has 1 amide bonds. The van der Waals surface area contributed by atoms with Crippen LogP contribution in [0.5, 0.6) is 0 Å². The van der Waals surface area contributed by atoms with E-state index < -0.39 is 0 Å². The molecule has 0 aliphatic heterocycles. The van der Waals surface area contributed by atoms with E-state index in [0.29, 0.717) is 31.3 Å². The maximum Gasteiger partial charge on any atom is 0.222 e. The first kappa shape index (κ1) is 19.8. The van der Waals surface area contributed by atoms with Crippen LogP contribution in [-0.2, 0) is 16.1 Å². The summed E-state index contributed by atoms with van der Waals surface area (Å²) in [5.74, 6) is 1.25. The summed E-state index contributed by atoms with van der Waals surface area (Å²) in [4.78, 5) is 21.0. The molecule has 2 aromatic heterocycles. The molecule has 8 heteroatoms. The Bertz CT molecular complexity index is 952. The molecule has 8 nitrogen and oxygen atoms in total. The van der Waals surface area contributed by atoms with Gasteiger partial charge in [-0.1, -0.05) is 32.0 Å². The van der Waals surface area contributed by atoms with Crippen LogP contribution in [0, 0.1) is 12.8 Å². The van der Waals surface area contributed by atoms with Gasteiger partial charge in [0.05, 0.1) is 16.8 Å². The fourth-order valence-corrected chi connectivity index (χ4v) is 2.87. The summed E-state index contributed by atoms with van der Waals surface area (Å²) >= 11 is 0. The Labute approximate surface area is 164 Å². The van der Waals surface area contributed by atoms with Crippen molar-refractivity contribution in [2.75, 3.05) is 25.5 Å². The van der Waals surface area contributed by atoms with Gasteiger partial charge >= 0.3 is 0 Å². The summed E-state index contributed by atoms with van der Waals surface area (Å²) in [6.07, 6.45) is 0. The average Bonchev–Trinajstić information content (AvgIpc) is 3.02. The predicted octanol–water partition coefficient (Wildman–Crippen LogP) is 2.45. The number of fused-ring (bicyclic) bond motifs is 1. The lowest BCUT2D eigenvalue weighted by Gasteiger charge is -2.11. The number of hydrogen-bond donors (Lipinski definition) is 2. The summed E-state index contributed by atoms with van der Waals surface area (Å²) < 4.78 is 7.04. The number of nitrogens with one attached hydrogen (secondary N) is 2. The quantitative estimate of drug-likeness (QED) is 0.581. The van der Waals surface area contributed by atoms with Crippen LogP contribution in [0.2, 0.25) is 0 Å². The zero-order valence-electron chi connectivity index (χ0n) is 16.7. The van der Waals surface area contributed by atoms with Crippen molar-refractivity contribution >= 4 is 22.8 Å².